The number of hydrogen-bond donors (Lipinski definition) is 0. The van der Waals surface area contributed by atoms with Gasteiger partial charge in [-0.05, 0) is 54.8 Å². The Bertz CT molecular complexity index is 984. The van der Waals surface area contributed by atoms with Crippen LogP contribution in [-0.4, -0.2) is 41.3 Å². The number of ketones is 1. The van der Waals surface area contributed by atoms with Crippen LogP contribution < -0.4 is 4.74 Å². The van der Waals surface area contributed by atoms with E-state index >= 15 is 0 Å². The van der Waals surface area contributed by atoms with Gasteiger partial charge in [0.25, 0.3) is 0 Å². The van der Waals surface area contributed by atoms with Gasteiger partial charge in [0.2, 0.25) is 0 Å². The van der Waals surface area contributed by atoms with Gasteiger partial charge >= 0.3 is 5.97 Å². The summed E-state index contributed by atoms with van der Waals surface area (Å²) in [6.07, 6.45) is 3.18. The van der Waals surface area contributed by atoms with Crippen molar-refractivity contribution in [3.63, 3.8) is 0 Å². The number of esters is 1. The fraction of sp³-hybridized carbons (Fsp3) is 0.150. The van der Waals surface area contributed by atoms with E-state index in [2.05, 4.69) is 4.98 Å². The molecule has 2 aromatic carbocycles. The minimum absolute atomic E-state index is 0.151. The van der Waals surface area contributed by atoms with Crippen LogP contribution in [0.4, 0.5) is 4.39 Å². The van der Waals surface area contributed by atoms with Crippen molar-refractivity contribution >= 4 is 23.5 Å². The van der Waals surface area contributed by atoms with Gasteiger partial charge in [0.05, 0.1) is 13.3 Å². The van der Waals surface area contributed by atoms with Crippen molar-refractivity contribution in [3.05, 3.63) is 71.8 Å². The van der Waals surface area contributed by atoms with Crippen molar-refractivity contribution in [3.8, 4) is 11.4 Å². The predicted octanol–water partition coefficient (Wildman–Crippen LogP) is 3.78. The molecule has 0 aliphatic rings. The molecule has 0 saturated carbocycles. The monoisotopic (exact) mass is 400 g/mol. The summed E-state index contributed by atoms with van der Waals surface area (Å²) in [4.78, 5) is 29.0. The second-order valence-corrected chi connectivity index (χ2v) is 6.44. The van der Waals surface area contributed by atoms with Crippen LogP contribution in [0.5, 0.6) is 5.75 Å². The molecule has 0 atom stereocenters. The van der Waals surface area contributed by atoms with Gasteiger partial charge in [0.1, 0.15) is 11.6 Å². The molecule has 1 aromatic heterocycles. The first kappa shape index (κ1) is 19.6. The Hall–Kier alpha value is -3.13. The summed E-state index contributed by atoms with van der Waals surface area (Å²) < 4.78 is 25.0. The molecule has 3 rings (SSSR count). The van der Waals surface area contributed by atoms with Gasteiger partial charge in [-0.3, -0.25) is 9.36 Å². The van der Waals surface area contributed by atoms with E-state index in [0.717, 1.165) is 0 Å². The van der Waals surface area contributed by atoms with E-state index < -0.39 is 12.6 Å². The fourth-order valence-corrected chi connectivity index (χ4v) is 3.07. The van der Waals surface area contributed by atoms with Crippen molar-refractivity contribution in [1.82, 2.24) is 9.55 Å². The molecule has 144 valence electrons. The third-order valence-corrected chi connectivity index (χ3v) is 4.61. The number of methoxy groups -OCH3 is 1. The molecular weight excluding hydrogens is 383 g/mol. The van der Waals surface area contributed by atoms with Gasteiger partial charge in [0.15, 0.2) is 23.2 Å². The van der Waals surface area contributed by atoms with Crippen molar-refractivity contribution in [2.75, 3.05) is 20.0 Å². The smallest absolute Gasteiger partial charge is 0.357 e. The highest BCUT2D eigenvalue weighted by atomic mass is 32.2. The number of ether oxygens (including phenoxy) is 2. The number of benzene rings is 2. The van der Waals surface area contributed by atoms with Gasteiger partial charge in [-0.2, -0.15) is 0 Å². The van der Waals surface area contributed by atoms with Gasteiger partial charge in [-0.15, -0.1) is 0 Å². The first-order valence-electron chi connectivity index (χ1n) is 8.25. The molecule has 0 radical (unpaired) electrons. The maximum absolute atomic E-state index is 13.2. The van der Waals surface area contributed by atoms with Crippen LogP contribution >= 0.6 is 11.8 Å². The van der Waals surface area contributed by atoms with Crippen molar-refractivity contribution < 1.29 is 23.5 Å². The summed E-state index contributed by atoms with van der Waals surface area (Å²) in [6.45, 7) is -0.408. The van der Waals surface area contributed by atoms with Crippen molar-refractivity contribution in [2.45, 2.75) is 5.16 Å². The zero-order valence-corrected chi connectivity index (χ0v) is 16.0. The third kappa shape index (κ3) is 4.23. The first-order valence-corrected chi connectivity index (χ1v) is 9.48. The van der Waals surface area contributed by atoms with Crippen molar-refractivity contribution in [2.24, 2.45) is 0 Å². The summed E-state index contributed by atoms with van der Waals surface area (Å²) in [5, 5.41) is 0.542. The second kappa shape index (κ2) is 8.71. The maximum atomic E-state index is 13.2. The Kier molecular flexibility index (Phi) is 6.10. The number of rotatable bonds is 7. The van der Waals surface area contributed by atoms with Crippen LogP contribution in [-0.2, 0) is 4.74 Å². The summed E-state index contributed by atoms with van der Waals surface area (Å²) >= 11 is 1.33. The second-order valence-electron chi connectivity index (χ2n) is 5.67. The fourth-order valence-electron chi connectivity index (χ4n) is 2.53. The molecule has 0 aliphatic carbocycles. The minimum Gasteiger partial charge on any atom is -0.497 e. The lowest BCUT2D eigenvalue weighted by Crippen LogP contribution is -2.17. The highest BCUT2D eigenvalue weighted by Gasteiger charge is 2.20. The van der Waals surface area contributed by atoms with Gasteiger partial charge in [-0.1, -0.05) is 11.8 Å². The molecule has 0 N–H and O–H groups in total. The summed E-state index contributed by atoms with van der Waals surface area (Å²) in [7, 11) is 1.53. The van der Waals surface area contributed by atoms with E-state index in [1.807, 2.05) is 6.26 Å². The van der Waals surface area contributed by atoms with Gasteiger partial charge in [0, 0.05) is 11.3 Å². The number of thioether (sulfide) groups is 1. The van der Waals surface area contributed by atoms with Crippen LogP contribution in [0.2, 0.25) is 0 Å². The average Bonchev–Trinajstić information content (AvgIpc) is 3.16. The highest BCUT2D eigenvalue weighted by molar-refractivity contribution is 7.98. The minimum atomic E-state index is -0.695. The van der Waals surface area contributed by atoms with Crippen LogP contribution in [0.1, 0.15) is 20.8 Å². The Morgan fingerprint density at radius 2 is 1.79 bits per heavy atom. The van der Waals surface area contributed by atoms with E-state index in [-0.39, 0.29) is 17.3 Å². The molecule has 28 heavy (non-hydrogen) atoms. The first-order chi connectivity index (χ1) is 13.5. The average molecular weight is 400 g/mol. The van der Waals surface area contributed by atoms with E-state index in [4.69, 9.17) is 9.47 Å². The standard InChI is InChI=1S/C20H17FN2O4S/c1-26-16-9-3-13(4-10-16)18(24)12-27-19(25)17-11-22-20(28-2)23(17)15-7-5-14(21)6-8-15/h3-11H,12H2,1-2H3. The predicted molar refractivity (Wildman–Crippen MR) is 103 cm³/mol. The Labute approximate surface area is 165 Å². The van der Waals surface area contributed by atoms with E-state index in [9.17, 15) is 14.0 Å². The Morgan fingerprint density at radius 3 is 2.39 bits per heavy atom. The molecule has 3 aromatic rings. The number of halogens is 1. The third-order valence-electron chi connectivity index (χ3n) is 3.95. The largest absolute Gasteiger partial charge is 0.497 e. The molecule has 0 bridgehead atoms. The molecule has 0 spiro atoms. The number of aromatic nitrogens is 2. The summed E-state index contributed by atoms with van der Waals surface area (Å²) in [6, 6.07) is 12.2. The lowest BCUT2D eigenvalue weighted by molar-refractivity contribution is 0.0466. The van der Waals surface area contributed by atoms with Crippen LogP contribution in [0.25, 0.3) is 5.69 Å². The quantitative estimate of drug-likeness (QED) is 0.342. The molecule has 0 aliphatic heterocycles. The molecule has 8 heteroatoms. The molecule has 0 fully saturated rings. The zero-order chi connectivity index (χ0) is 20.1. The van der Waals surface area contributed by atoms with Gasteiger partial charge in [-0.25, -0.2) is 14.2 Å². The highest BCUT2D eigenvalue weighted by Crippen LogP contribution is 2.22. The molecule has 6 nitrogen and oxygen atoms in total. The molecular formula is C20H17FN2O4S. The lowest BCUT2D eigenvalue weighted by atomic mass is 10.1. The van der Waals surface area contributed by atoms with E-state index in [1.165, 1.54) is 49.3 Å². The number of hydrogen-bond acceptors (Lipinski definition) is 6. The number of carbonyl (C=O) groups excluding carboxylic acids is 2. The molecule has 0 saturated heterocycles. The van der Waals surface area contributed by atoms with E-state index in [0.29, 0.717) is 22.2 Å². The summed E-state index contributed by atoms with van der Waals surface area (Å²) in [5.74, 6) is -0.793. The Balaban J connectivity index is 1.76. The van der Waals surface area contributed by atoms with Gasteiger partial charge < -0.3 is 9.47 Å². The molecule has 1 heterocycles. The number of carbonyl (C=O) groups is 2. The molecule has 0 unspecified atom stereocenters. The normalized spacial score (nSPS) is 10.5. The zero-order valence-electron chi connectivity index (χ0n) is 15.2. The van der Waals surface area contributed by atoms with Crippen LogP contribution in [0.3, 0.4) is 0 Å². The van der Waals surface area contributed by atoms with Crippen LogP contribution in [0, 0.1) is 5.82 Å². The lowest BCUT2D eigenvalue weighted by Gasteiger charge is -2.11. The number of imidazole rings is 1. The summed E-state index contributed by atoms with van der Waals surface area (Å²) in [5.41, 5.74) is 1.13. The maximum Gasteiger partial charge on any atom is 0.357 e. The topological polar surface area (TPSA) is 70.4 Å². The molecule has 0 amide bonds. The SMILES string of the molecule is COc1ccc(C(=O)COC(=O)c2cnc(SC)n2-c2ccc(F)cc2)cc1. The number of nitrogens with zero attached hydrogens (tertiary/aromatic N) is 2. The Morgan fingerprint density at radius 1 is 1.11 bits per heavy atom. The van der Waals surface area contributed by atoms with Crippen LogP contribution in [0.15, 0.2) is 59.9 Å². The van der Waals surface area contributed by atoms with E-state index in [1.54, 1.807) is 28.8 Å². The van der Waals surface area contributed by atoms with Crippen molar-refractivity contribution in [1.29, 1.82) is 0 Å². The number of Topliss-reactive ketones (excluding diaryl/α,β-unsaturated/α-hetero) is 1.